The van der Waals surface area contributed by atoms with E-state index in [1.165, 1.54) is 23.9 Å². The monoisotopic (exact) mass is 721 g/mol. The third-order valence-electron chi connectivity index (χ3n) is 8.65. The second-order valence-corrected chi connectivity index (χ2v) is 13.4. The number of hydrogen-bond donors (Lipinski definition) is 2. The number of carboxylic acids is 1. The van der Waals surface area contributed by atoms with Crippen molar-refractivity contribution < 1.29 is 33.5 Å². The molecule has 1 amide bonds. The number of amides is 1. The molecular formula is C40H39N3O8S. The van der Waals surface area contributed by atoms with Gasteiger partial charge in [0, 0.05) is 59.5 Å². The van der Waals surface area contributed by atoms with Crippen LogP contribution in [0.2, 0.25) is 0 Å². The molecule has 52 heavy (non-hydrogen) atoms. The number of carbonyl (C=O) groups is 2. The number of aliphatic carboxylic acids is 1. The van der Waals surface area contributed by atoms with Crippen molar-refractivity contribution in [2.75, 3.05) is 11.1 Å². The van der Waals surface area contributed by atoms with Gasteiger partial charge in [0.25, 0.3) is 10.9 Å². The summed E-state index contributed by atoms with van der Waals surface area (Å²) in [5.74, 6) is 0.287. The van der Waals surface area contributed by atoms with Gasteiger partial charge >= 0.3 is 5.97 Å². The Hall–Kier alpha value is -5.30. The van der Waals surface area contributed by atoms with E-state index in [0.29, 0.717) is 48.1 Å². The number of ether oxygens (including phenoxy) is 2. The van der Waals surface area contributed by atoms with Crippen molar-refractivity contribution in [3.05, 3.63) is 130 Å². The van der Waals surface area contributed by atoms with E-state index in [1.54, 1.807) is 24.3 Å². The Morgan fingerprint density at radius 1 is 0.808 bits per heavy atom. The number of anilines is 1. The van der Waals surface area contributed by atoms with Gasteiger partial charge in [-0.1, -0.05) is 97.4 Å². The molecule has 5 aromatic rings. The predicted molar refractivity (Wildman–Crippen MR) is 198 cm³/mol. The number of oxazole rings is 1. The van der Waals surface area contributed by atoms with Gasteiger partial charge < -0.3 is 24.3 Å². The van der Waals surface area contributed by atoms with Gasteiger partial charge in [0.1, 0.15) is 5.69 Å². The van der Waals surface area contributed by atoms with Crippen LogP contribution in [0.4, 0.5) is 11.4 Å². The summed E-state index contributed by atoms with van der Waals surface area (Å²) in [6, 6.07) is 33.5. The number of nitrogens with zero attached hydrogens (tertiary/aromatic N) is 2. The lowest BCUT2D eigenvalue weighted by Gasteiger charge is -2.36. The third kappa shape index (κ3) is 9.93. The molecule has 4 aromatic carbocycles. The highest BCUT2D eigenvalue weighted by Crippen LogP contribution is 2.41. The smallest absolute Gasteiger partial charge is 0.303 e. The summed E-state index contributed by atoms with van der Waals surface area (Å²) in [5, 5.41) is 23.5. The number of carbonyl (C=O) groups excluding carboxylic acids is 1. The summed E-state index contributed by atoms with van der Waals surface area (Å²) < 4.78 is 19.3. The van der Waals surface area contributed by atoms with Gasteiger partial charge in [0.2, 0.25) is 5.91 Å². The number of nitro groups is 1. The first-order valence-corrected chi connectivity index (χ1v) is 18.2. The van der Waals surface area contributed by atoms with Crippen LogP contribution in [-0.2, 0) is 19.1 Å². The zero-order valence-electron chi connectivity index (χ0n) is 28.4. The number of unbranched alkanes of at least 4 members (excludes halogenated alkanes) is 3. The first-order valence-electron chi connectivity index (χ1n) is 17.2. The fourth-order valence-corrected chi connectivity index (χ4v) is 6.80. The van der Waals surface area contributed by atoms with Crippen molar-refractivity contribution in [1.82, 2.24) is 4.98 Å². The Labute approximate surface area is 305 Å². The van der Waals surface area contributed by atoms with Crippen LogP contribution in [0.1, 0.15) is 68.5 Å². The van der Waals surface area contributed by atoms with E-state index in [1.807, 2.05) is 72.8 Å². The molecule has 0 spiro atoms. The molecule has 0 radical (unpaired) electrons. The van der Waals surface area contributed by atoms with Crippen LogP contribution in [0.15, 0.2) is 119 Å². The van der Waals surface area contributed by atoms with Gasteiger partial charge in [0.15, 0.2) is 12.1 Å². The Bertz CT molecular complexity index is 1880. The van der Waals surface area contributed by atoms with Crippen molar-refractivity contribution in [2.45, 2.75) is 68.7 Å². The Balaban J connectivity index is 1.14. The van der Waals surface area contributed by atoms with Crippen LogP contribution in [0, 0.1) is 10.1 Å². The molecule has 1 aliphatic rings. The van der Waals surface area contributed by atoms with Crippen molar-refractivity contribution in [3.8, 4) is 22.6 Å². The highest BCUT2D eigenvalue weighted by molar-refractivity contribution is 7.99. The highest BCUT2D eigenvalue weighted by Gasteiger charge is 2.33. The maximum absolute atomic E-state index is 12.5. The number of carboxylic acid groups (broad SMARTS) is 1. The van der Waals surface area contributed by atoms with E-state index < -0.39 is 23.3 Å². The number of benzene rings is 4. The minimum Gasteiger partial charge on any atom is -0.481 e. The topological polar surface area (TPSA) is 154 Å². The van der Waals surface area contributed by atoms with Crippen LogP contribution in [0.3, 0.4) is 0 Å². The fraction of sp³-hybridized carbons (Fsp3) is 0.275. The van der Waals surface area contributed by atoms with Gasteiger partial charge in [-0.2, -0.15) is 0 Å². The molecule has 3 atom stereocenters. The lowest BCUT2D eigenvalue weighted by molar-refractivity contribution is -0.384. The van der Waals surface area contributed by atoms with Crippen molar-refractivity contribution in [2.24, 2.45) is 0 Å². The van der Waals surface area contributed by atoms with E-state index in [-0.39, 0.29) is 24.1 Å². The van der Waals surface area contributed by atoms with Gasteiger partial charge in [-0.15, -0.1) is 0 Å². The molecule has 0 saturated carbocycles. The SMILES string of the molecule is O=C(O)CCCCCCC(=O)Nc1ccc(C2OC(CSc3nc(-c4ccccc4)c(-c4ccccc4)o3)CC(c3ccc([N+](=O)[O-])cc3)O2)cc1. The molecule has 268 valence electrons. The van der Waals surface area contributed by atoms with E-state index in [0.717, 1.165) is 40.8 Å². The summed E-state index contributed by atoms with van der Waals surface area (Å²) >= 11 is 1.45. The van der Waals surface area contributed by atoms with E-state index in [2.05, 4.69) is 5.32 Å². The Kier molecular flexibility index (Phi) is 12.5. The molecular weight excluding hydrogens is 683 g/mol. The maximum atomic E-state index is 12.5. The Morgan fingerprint density at radius 2 is 1.44 bits per heavy atom. The van der Waals surface area contributed by atoms with Crippen LogP contribution in [0.5, 0.6) is 0 Å². The number of aromatic nitrogens is 1. The molecule has 2 N–H and O–H groups in total. The zero-order valence-corrected chi connectivity index (χ0v) is 29.2. The molecule has 11 nitrogen and oxygen atoms in total. The minimum atomic E-state index is -0.803. The van der Waals surface area contributed by atoms with Crippen LogP contribution < -0.4 is 5.32 Å². The number of rotatable bonds is 16. The first-order chi connectivity index (χ1) is 25.3. The molecule has 0 aliphatic carbocycles. The van der Waals surface area contributed by atoms with Crippen LogP contribution in [-0.4, -0.2) is 38.7 Å². The maximum Gasteiger partial charge on any atom is 0.303 e. The second kappa shape index (κ2) is 17.8. The molecule has 2 heterocycles. The molecule has 1 fully saturated rings. The third-order valence-corrected chi connectivity index (χ3v) is 9.61. The normalized spacial score (nSPS) is 17.0. The van der Waals surface area contributed by atoms with E-state index >= 15 is 0 Å². The van der Waals surface area contributed by atoms with Crippen molar-refractivity contribution >= 4 is 35.0 Å². The van der Waals surface area contributed by atoms with Crippen molar-refractivity contribution in [3.63, 3.8) is 0 Å². The summed E-state index contributed by atoms with van der Waals surface area (Å²) in [5.41, 5.74) is 4.83. The van der Waals surface area contributed by atoms with Gasteiger partial charge in [-0.05, 0) is 42.7 Å². The lowest BCUT2D eigenvalue weighted by atomic mass is 10.0. The molecule has 1 aliphatic heterocycles. The summed E-state index contributed by atoms with van der Waals surface area (Å²) in [6.45, 7) is 0. The van der Waals surface area contributed by atoms with E-state index in [4.69, 9.17) is 24.0 Å². The fourth-order valence-electron chi connectivity index (χ4n) is 5.96. The van der Waals surface area contributed by atoms with Crippen molar-refractivity contribution in [1.29, 1.82) is 0 Å². The van der Waals surface area contributed by atoms with Crippen LogP contribution in [0.25, 0.3) is 22.6 Å². The molecule has 1 aromatic heterocycles. The predicted octanol–water partition coefficient (Wildman–Crippen LogP) is 9.62. The lowest BCUT2D eigenvalue weighted by Crippen LogP contribution is -2.31. The standard InChI is InChI=1S/C40H39N3O8S/c44-35(15-9-1-2-10-16-36(45)46)41-31-21-17-30(18-22-31)39-49-33(25-34(50-39)27-19-23-32(24-20-27)43(47)48)26-52-40-42-37(28-11-5-3-6-12-28)38(51-40)29-13-7-4-8-14-29/h3-8,11-14,17-24,33-34,39H,1-2,9-10,15-16,25-26H2,(H,41,44)(H,45,46). The second-order valence-electron chi connectivity index (χ2n) is 12.5. The average Bonchev–Trinajstić information content (AvgIpc) is 3.61. The number of nitrogens with one attached hydrogen (secondary N) is 1. The summed E-state index contributed by atoms with van der Waals surface area (Å²) in [7, 11) is 0. The Morgan fingerprint density at radius 3 is 2.10 bits per heavy atom. The molecule has 1 saturated heterocycles. The van der Waals surface area contributed by atoms with Gasteiger partial charge in [-0.25, -0.2) is 4.98 Å². The van der Waals surface area contributed by atoms with E-state index in [9.17, 15) is 19.7 Å². The molecule has 3 unspecified atom stereocenters. The van der Waals surface area contributed by atoms with Gasteiger partial charge in [0.05, 0.1) is 17.1 Å². The van der Waals surface area contributed by atoms with Gasteiger partial charge in [-0.3, -0.25) is 19.7 Å². The first kappa shape index (κ1) is 36.5. The number of hydrogen-bond acceptors (Lipinski definition) is 9. The minimum absolute atomic E-state index is 0.00243. The number of non-ortho nitro benzene ring substituents is 1. The highest BCUT2D eigenvalue weighted by atomic mass is 32.2. The summed E-state index contributed by atoms with van der Waals surface area (Å²) in [6.07, 6.45) is 2.45. The average molecular weight is 722 g/mol. The molecule has 12 heteroatoms. The number of thioether (sulfide) groups is 1. The zero-order chi connectivity index (χ0) is 36.3. The number of nitro benzene ring substituents is 1. The molecule has 0 bridgehead atoms. The van der Waals surface area contributed by atoms with Crippen LogP contribution >= 0.6 is 11.8 Å². The molecule has 6 rings (SSSR count). The largest absolute Gasteiger partial charge is 0.481 e. The quantitative estimate of drug-likeness (QED) is 0.0436. The summed E-state index contributed by atoms with van der Waals surface area (Å²) in [4.78, 5) is 38.9.